The Balaban J connectivity index is 1.87. The average Bonchev–Trinajstić information content (AvgIpc) is 2.90. The third-order valence-corrected chi connectivity index (χ3v) is 3.75. The van der Waals surface area contributed by atoms with Crippen molar-refractivity contribution in [3.05, 3.63) is 46.6 Å². The van der Waals surface area contributed by atoms with Gasteiger partial charge in [0.25, 0.3) is 0 Å². The summed E-state index contributed by atoms with van der Waals surface area (Å²) in [5.74, 6) is 2.92. The minimum absolute atomic E-state index is 0.0312. The predicted octanol–water partition coefficient (Wildman–Crippen LogP) is 3.47. The van der Waals surface area contributed by atoms with Gasteiger partial charge < -0.3 is 19.8 Å². The van der Waals surface area contributed by atoms with Gasteiger partial charge in [-0.1, -0.05) is 11.6 Å². The predicted molar refractivity (Wildman–Crippen MR) is 100 cm³/mol. The lowest BCUT2D eigenvalue weighted by molar-refractivity contribution is 0.224. The van der Waals surface area contributed by atoms with E-state index >= 15 is 0 Å². The number of ether oxygens (including phenoxy) is 1. The number of benzene rings is 1. The van der Waals surface area contributed by atoms with E-state index in [1.165, 1.54) is 0 Å². The van der Waals surface area contributed by atoms with Gasteiger partial charge in [-0.2, -0.15) is 0 Å². The zero-order chi connectivity index (χ0) is 18.2. The molecule has 0 aliphatic heterocycles. The maximum absolute atomic E-state index is 5.88. The molecule has 1 aromatic heterocycles. The van der Waals surface area contributed by atoms with Gasteiger partial charge in [-0.15, -0.1) is 0 Å². The van der Waals surface area contributed by atoms with Crippen molar-refractivity contribution in [1.29, 1.82) is 0 Å². The van der Waals surface area contributed by atoms with E-state index < -0.39 is 0 Å². The molecule has 0 saturated carbocycles. The third-order valence-electron chi connectivity index (χ3n) is 3.50. The van der Waals surface area contributed by atoms with Gasteiger partial charge in [0.15, 0.2) is 5.96 Å². The van der Waals surface area contributed by atoms with Crippen LogP contribution in [0.2, 0.25) is 5.02 Å². The molecule has 0 amide bonds. The van der Waals surface area contributed by atoms with Gasteiger partial charge in [-0.05, 0) is 52.0 Å². The molecule has 0 aliphatic rings. The Bertz CT molecular complexity index is 678. The lowest BCUT2D eigenvalue weighted by atomic mass is 10.3. The first-order chi connectivity index (χ1) is 12.0. The number of aryl methyl sites for hydroxylation is 2. The van der Waals surface area contributed by atoms with Crippen LogP contribution in [0.1, 0.15) is 31.2 Å². The highest BCUT2D eigenvalue weighted by molar-refractivity contribution is 6.30. The van der Waals surface area contributed by atoms with Crippen molar-refractivity contribution in [3.8, 4) is 5.75 Å². The highest BCUT2D eigenvalue weighted by atomic mass is 35.5. The van der Waals surface area contributed by atoms with Gasteiger partial charge in [-0.3, -0.25) is 0 Å². The van der Waals surface area contributed by atoms with E-state index in [1.807, 2.05) is 52.0 Å². The molecule has 0 fully saturated rings. The average molecular weight is 365 g/mol. The molecule has 1 heterocycles. The van der Waals surface area contributed by atoms with Gasteiger partial charge >= 0.3 is 0 Å². The van der Waals surface area contributed by atoms with Crippen LogP contribution in [0.3, 0.4) is 0 Å². The molecule has 0 bridgehead atoms. The highest BCUT2D eigenvalue weighted by Gasteiger charge is 2.08. The molecule has 0 spiro atoms. The van der Waals surface area contributed by atoms with Crippen LogP contribution in [-0.2, 0) is 6.54 Å². The summed E-state index contributed by atoms with van der Waals surface area (Å²) in [6.45, 7) is 9.59. The van der Waals surface area contributed by atoms with Crippen molar-refractivity contribution in [3.63, 3.8) is 0 Å². The van der Waals surface area contributed by atoms with Crippen LogP contribution in [0.15, 0.2) is 33.7 Å². The first-order valence-electron chi connectivity index (χ1n) is 8.35. The standard InChI is InChI=1S/C18H25ClN4O2/c1-5-20-18(22-11-17-23-13(3)14(4)25-17)21-10-12(2)24-16-8-6-15(19)7-9-16/h6-9,12H,5,10-11H2,1-4H3,(H2,20,21,22). The van der Waals surface area contributed by atoms with E-state index in [2.05, 4.69) is 20.6 Å². The molecule has 7 heteroatoms. The van der Waals surface area contributed by atoms with Gasteiger partial charge in [-0.25, -0.2) is 9.98 Å². The Morgan fingerprint density at radius 3 is 2.60 bits per heavy atom. The summed E-state index contributed by atoms with van der Waals surface area (Å²) in [6, 6.07) is 7.32. The molecule has 1 unspecified atom stereocenters. The van der Waals surface area contributed by atoms with E-state index in [1.54, 1.807) is 0 Å². The molecule has 6 nitrogen and oxygen atoms in total. The molecular weight excluding hydrogens is 340 g/mol. The molecule has 1 atom stereocenters. The summed E-state index contributed by atoms with van der Waals surface area (Å²) in [7, 11) is 0. The second kappa shape index (κ2) is 9.32. The fourth-order valence-electron chi connectivity index (χ4n) is 2.12. The molecule has 0 aliphatic carbocycles. The maximum Gasteiger partial charge on any atom is 0.216 e. The third kappa shape index (κ3) is 6.31. The summed E-state index contributed by atoms with van der Waals surface area (Å²) >= 11 is 5.88. The summed E-state index contributed by atoms with van der Waals surface area (Å²) in [5, 5.41) is 7.15. The number of hydrogen-bond donors (Lipinski definition) is 2. The van der Waals surface area contributed by atoms with Gasteiger partial charge in [0, 0.05) is 11.6 Å². The van der Waals surface area contributed by atoms with E-state index in [0.29, 0.717) is 30.0 Å². The number of hydrogen-bond acceptors (Lipinski definition) is 4. The van der Waals surface area contributed by atoms with Gasteiger partial charge in [0.2, 0.25) is 5.89 Å². The quantitative estimate of drug-likeness (QED) is 0.581. The van der Waals surface area contributed by atoms with Gasteiger partial charge in [0.1, 0.15) is 24.2 Å². The van der Waals surface area contributed by atoms with Crippen molar-refractivity contribution in [2.45, 2.75) is 40.3 Å². The Morgan fingerprint density at radius 2 is 2.00 bits per heavy atom. The smallest absolute Gasteiger partial charge is 0.216 e. The van der Waals surface area contributed by atoms with Crippen LogP contribution in [0.5, 0.6) is 5.75 Å². The summed E-state index contributed by atoms with van der Waals surface area (Å²) in [5.41, 5.74) is 0.896. The van der Waals surface area contributed by atoms with Crippen LogP contribution in [0, 0.1) is 13.8 Å². The lowest BCUT2D eigenvalue weighted by Gasteiger charge is -2.17. The van der Waals surface area contributed by atoms with E-state index in [4.69, 9.17) is 20.8 Å². The fourth-order valence-corrected chi connectivity index (χ4v) is 2.25. The molecule has 2 N–H and O–H groups in total. The Morgan fingerprint density at radius 1 is 1.28 bits per heavy atom. The SMILES string of the molecule is CCNC(=NCc1nc(C)c(C)o1)NCC(C)Oc1ccc(Cl)cc1. The highest BCUT2D eigenvalue weighted by Crippen LogP contribution is 2.16. The summed E-state index contributed by atoms with van der Waals surface area (Å²) in [4.78, 5) is 8.83. The molecule has 2 aromatic rings. The second-order valence-corrected chi connectivity index (χ2v) is 6.14. The summed E-state index contributed by atoms with van der Waals surface area (Å²) in [6.07, 6.45) is -0.0312. The molecule has 0 saturated heterocycles. The molecule has 136 valence electrons. The van der Waals surface area contributed by atoms with Crippen LogP contribution >= 0.6 is 11.6 Å². The van der Waals surface area contributed by atoms with Crippen molar-refractivity contribution in [2.75, 3.05) is 13.1 Å². The Labute approximate surface area is 153 Å². The van der Waals surface area contributed by atoms with E-state index in [-0.39, 0.29) is 6.10 Å². The Hall–Kier alpha value is -2.21. The van der Waals surface area contributed by atoms with Crippen molar-refractivity contribution >= 4 is 17.6 Å². The van der Waals surface area contributed by atoms with Crippen LogP contribution in [0.25, 0.3) is 0 Å². The zero-order valence-corrected chi connectivity index (χ0v) is 15.9. The molecule has 1 aromatic carbocycles. The topological polar surface area (TPSA) is 71.7 Å². The minimum Gasteiger partial charge on any atom is -0.489 e. The number of halogens is 1. The number of aromatic nitrogens is 1. The normalized spacial score (nSPS) is 12.8. The van der Waals surface area contributed by atoms with Crippen molar-refractivity contribution in [2.24, 2.45) is 4.99 Å². The molecule has 25 heavy (non-hydrogen) atoms. The first kappa shape index (κ1) is 19.1. The van der Waals surface area contributed by atoms with Crippen LogP contribution in [0.4, 0.5) is 0 Å². The Kier molecular flexibility index (Phi) is 7.13. The number of nitrogens with one attached hydrogen (secondary N) is 2. The zero-order valence-electron chi connectivity index (χ0n) is 15.1. The number of guanidine groups is 1. The van der Waals surface area contributed by atoms with Gasteiger partial charge in [0.05, 0.1) is 12.2 Å². The van der Waals surface area contributed by atoms with Crippen LogP contribution in [-0.4, -0.2) is 30.1 Å². The maximum atomic E-state index is 5.88. The monoisotopic (exact) mass is 364 g/mol. The summed E-state index contributed by atoms with van der Waals surface area (Å²) < 4.78 is 11.4. The number of aliphatic imine (C=N–C) groups is 1. The number of rotatable bonds is 7. The number of oxazole rings is 1. The van der Waals surface area contributed by atoms with Crippen LogP contribution < -0.4 is 15.4 Å². The fraction of sp³-hybridized carbons (Fsp3) is 0.444. The first-order valence-corrected chi connectivity index (χ1v) is 8.73. The second-order valence-electron chi connectivity index (χ2n) is 5.71. The molecule has 2 rings (SSSR count). The largest absolute Gasteiger partial charge is 0.489 e. The lowest BCUT2D eigenvalue weighted by Crippen LogP contribution is -2.41. The minimum atomic E-state index is -0.0312. The number of nitrogens with zero attached hydrogens (tertiary/aromatic N) is 2. The molecular formula is C18H25ClN4O2. The van der Waals surface area contributed by atoms with E-state index in [0.717, 1.165) is 23.7 Å². The van der Waals surface area contributed by atoms with Crippen molar-refractivity contribution in [1.82, 2.24) is 15.6 Å². The van der Waals surface area contributed by atoms with Crippen molar-refractivity contribution < 1.29 is 9.15 Å². The van der Waals surface area contributed by atoms with E-state index in [9.17, 15) is 0 Å². The molecule has 0 radical (unpaired) electrons.